The van der Waals surface area contributed by atoms with Crippen molar-refractivity contribution in [3.8, 4) is 0 Å². The fourth-order valence-electron chi connectivity index (χ4n) is 3.92. The molecule has 0 N–H and O–H groups in total. The Balaban J connectivity index is 1.64. The minimum absolute atomic E-state index is 0.0122. The summed E-state index contributed by atoms with van der Waals surface area (Å²) in [6.45, 7) is 3.14. The number of piperidine rings is 1. The predicted octanol–water partition coefficient (Wildman–Crippen LogP) is 0.768. The van der Waals surface area contributed by atoms with Crippen LogP contribution in [0.15, 0.2) is 43.0 Å². The number of rotatable bonds is 3. The number of carbonyl (C=O) groups is 2. The minimum atomic E-state index is -0.878. The van der Waals surface area contributed by atoms with Gasteiger partial charge in [-0.15, -0.1) is 0 Å². The maximum Gasteiger partial charge on any atom is 0.255 e. The molecule has 2 aromatic rings. The van der Waals surface area contributed by atoms with Crippen LogP contribution in [0.25, 0.3) is 0 Å². The van der Waals surface area contributed by atoms with E-state index in [4.69, 9.17) is 4.74 Å². The lowest BCUT2D eigenvalue weighted by Gasteiger charge is -2.44. The number of morpholine rings is 1. The van der Waals surface area contributed by atoms with Crippen molar-refractivity contribution in [2.45, 2.75) is 18.4 Å². The topological polar surface area (TPSA) is 80.6 Å². The van der Waals surface area contributed by atoms with E-state index in [1.54, 1.807) is 40.3 Å². The van der Waals surface area contributed by atoms with E-state index in [2.05, 4.69) is 10.1 Å². The number of hydrogen-bond donors (Lipinski definition) is 0. The molecule has 8 nitrogen and oxygen atoms in total. The SMILES string of the molecule is O=C(c1cccnc1)N1CCC[C@@](C(=O)N2CCOCC2)(n2cccn2)C1. The zero-order chi connectivity index (χ0) is 18.7. The van der Waals surface area contributed by atoms with E-state index in [-0.39, 0.29) is 11.8 Å². The first kappa shape index (κ1) is 17.7. The van der Waals surface area contributed by atoms with Gasteiger partial charge >= 0.3 is 0 Å². The summed E-state index contributed by atoms with van der Waals surface area (Å²) >= 11 is 0. The zero-order valence-corrected chi connectivity index (χ0v) is 15.2. The number of hydrogen-bond acceptors (Lipinski definition) is 5. The lowest BCUT2D eigenvalue weighted by atomic mass is 9.86. The van der Waals surface area contributed by atoms with Gasteiger partial charge in [-0.1, -0.05) is 0 Å². The molecule has 2 saturated heterocycles. The highest BCUT2D eigenvalue weighted by molar-refractivity contribution is 5.95. The van der Waals surface area contributed by atoms with Crippen molar-refractivity contribution in [2.75, 3.05) is 39.4 Å². The molecule has 2 aliphatic heterocycles. The Hall–Kier alpha value is -2.74. The maximum absolute atomic E-state index is 13.5. The molecule has 142 valence electrons. The van der Waals surface area contributed by atoms with Gasteiger partial charge in [0.05, 0.1) is 25.3 Å². The first-order valence-electron chi connectivity index (χ1n) is 9.27. The summed E-state index contributed by atoms with van der Waals surface area (Å²) in [4.78, 5) is 34.1. The van der Waals surface area contributed by atoms with Gasteiger partial charge in [-0.2, -0.15) is 5.10 Å². The van der Waals surface area contributed by atoms with Crippen molar-refractivity contribution in [1.29, 1.82) is 0 Å². The van der Waals surface area contributed by atoms with Crippen LogP contribution >= 0.6 is 0 Å². The molecule has 1 atom stereocenters. The lowest BCUT2D eigenvalue weighted by molar-refractivity contribution is -0.148. The molecular formula is C19H23N5O3. The lowest BCUT2D eigenvalue weighted by Crippen LogP contribution is -2.61. The molecule has 27 heavy (non-hydrogen) atoms. The number of nitrogens with zero attached hydrogens (tertiary/aromatic N) is 5. The first-order chi connectivity index (χ1) is 13.2. The second kappa shape index (κ2) is 7.48. The molecule has 8 heteroatoms. The van der Waals surface area contributed by atoms with Gasteiger partial charge in [0.2, 0.25) is 0 Å². The normalized spacial score (nSPS) is 23.3. The van der Waals surface area contributed by atoms with E-state index in [1.807, 2.05) is 17.2 Å². The summed E-state index contributed by atoms with van der Waals surface area (Å²) in [5.74, 6) is -0.0905. The Bertz CT molecular complexity index is 789. The summed E-state index contributed by atoms with van der Waals surface area (Å²) in [5, 5.41) is 4.38. The Morgan fingerprint density at radius 1 is 1.07 bits per heavy atom. The van der Waals surface area contributed by atoms with Crippen LogP contribution in [0, 0.1) is 0 Å². The maximum atomic E-state index is 13.5. The van der Waals surface area contributed by atoms with Crippen molar-refractivity contribution in [3.63, 3.8) is 0 Å². The molecule has 0 bridgehead atoms. The van der Waals surface area contributed by atoms with E-state index in [1.165, 1.54) is 0 Å². The van der Waals surface area contributed by atoms with Crippen LogP contribution in [-0.4, -0.2) is 75.8 Å². The Morgan fingerprint density at radius 3 is 2.63 bits per heavy atom. The standard InChI is InChI=1S/C19H23N5O3/c25-17(16-4-1-6-20-14-16)23-8-2-5-19(15-23,24-9-3-7-21-24)18(26)22-10-12-27-13-11-22/h1,3-4,6-7,9,14H,2,5,8,10-13,15H2/t19-/m1/s1. The quantitative estimate of drug-likeness (QED) is 0.798. The van der Waals surface area contributed by atoms with E-state index in [0.717, 1.165) is 6.42 Å². The summed E-state index contributed by atoms with van der Waals surface area (Å²) in [7, 11) is 0. The van der Waals surface area contributed by atoms with Crippen molar-refractivity contribution in [1.82, 2.24) is 24.6 Å². The highest BCUT2D eigenvalue weighted by Crippen LogP contribution is 2.31. The molecule has 4 heterocycles. The summed E-state index contributed by atoms with van der Waals surface area (Å²) in [6.07, 6.45) is 8.09. The summed E-state index contributed by atoms with van der Waals surface area (Å²) in [6, 6.07) is 5.32. The van der Waals surface area contributed by atoms with Gasteiger partial charge in [0, 0.05) is 44.4 Å². The molecule has 0 aliphatic carbocycles. The zero-order valence-electron chi connectivity index (χ0n) is 15.2. The molecule has 0 saturated carbocycles. The summed E-state index contributed by atoms with van der Waals surface area (Å²) in [5.41, 5.74) is -0.343. The molecule has 0 spiro atoms. The highest BCUT2D eigenvalue weighted by Gasteiger charge is 2.48. The van der Waals surface area contributed by atoms with Gasteiger partial charge in [-0.3, -0.25) is 19.3 Å². The molecule has 0 unspecified atom stereocenters. The van der Waals surface area contributed by atoms with Gasteiger partial charge in [0.15, 0.2) is 5.54 Å². The monoisotopic (exact) mass is 369 g/mol. The smallest absolute Gasteiger partial charge is 0.255 e. The third-order valence-corrected chi connectivity index (χ3v) is 5.31. The molecular weight excluding hydrogens is 346 g/mol. The average molecular weight is 369 g/mol. The number of amides is 2. The number of ether oxygens (including phenoxy) is 1. The van der Waals surface area contributed by atoms with Crippen LogP contribution in [-0.2, 0) is 15.1 Å². The molecule has 0 radical (unpaired) electrons. The van der Waals surface area contributed by atoms with Crippen LogP contribution in [0.1, 0.15) is 23.2 Å². The van der Waals surface area contributed by atoms with Crippen LogP contribution in [0.5, 0.6) is 0 Å². The molecule has 2 amide bonds. The van der Waals surface area contributed by atoms with Crippen LogP contribution < -0.4 is 0 Å². The van der Waals surface area contributed by atoms with E-state index >= 15 is 0 Å². The van der Waals surface area contributed by atoms with Crippen molar-refractivity contribution in [3.05, 3.63) is 48.5 Å². The molecule has 2 aliphatic rings. The molecule has 2 aromatic heterocycles. The molecule has 2 fully saturated rings. The van der Waals surface area contributed by atoms with Gasteiger partial charge in [-0.05, 0) is 31.0 Å². The fourth-order valence-corrected chi connectivity index (χ4v) is 3.92. The second-order valence-corrected chi connectivity index (χ2v) is 6.96. The van der Waals surface area contributed by atoms with E-state index < -0.39 is 5.54 Å². The van der Waals surface area contributed by atoms with Crippen molar-refractivity contribution < 1.29 is 14.3 Å². The second-order valence-electron chi connectivity index (χ2n) is 6.96. The van der Waals surface area contributed by atoms with Crippen molar-refractivity contribution in [2.24, 2.45) is 0 Å². The van der Waals surface area contributed by atoms with E-state index in [9.17, 15) is 9.59 Å². The Morgan fingerprint density at radius 2 is 1.93 bits per heavy atom. The van der Waals surface area contributed by atoms with Crippen LogP contribution in [0.4, 0.5) is 0 Å². The largest absolute Gasteiger partial charge is 0.378 e. The first-order valence-corrected chi connectivity index (χ1v) is 9.27. The molecule has 0 aromatic carbocycles. The van der Waals surface area contributed by atoms with Gasteiger partial charge < -0.3 is 14.5 Å². The Labute approximate surface area is 157 Å². The average Bonchev–Trinajstić information content (AvgIpc) is 3.29. The molecule has 4 rings (SSSR count). The summed E-state index contributed by atoms with van der Waals surface area (Å²) < 4.78 is 7.12. The fraction of sp³-hybridized carbons (Fsp3) is 0.474. The number of pyridine rings is 1. The minimum Gasteiger partial charge on any atom is -0.378 e. The van der Waals surface area contributed by atoms with Gasteiger partial charge in [-0.25, -0.2) is 0 Å². The number of carbonyl (C=O) groups excluding carboxylic acids is 2. The van der Waals surface area contributed by atoms with Crippen LogP contribution in [0.2, 0.25) is 0 Å². The number of aromatic nitrogens is 3. The predicted molar refractivity (Wildman–Crippen MR) is 97.0 cm³/mol. The third-order valence-electron chi connectivity index (χ3n) is 5.31. The van der Waals surface area contributed by atoms with Crippen molar-refractivity contribution >= 4 is 11.8 Å². The third kappa shape index (κ3) is 3.32. The van der Waals surface area contributed by atoms with E-state index in [0.29, 0.717) is 51.4 Å². The number of likely N-dealkylation sites (tertiary alicyclic amines) is 1. The Kier molecular flexibility index (Phi) is 4.89. The van der Waals surface area contributed by atoms with Gasteiger partial charge in [0.1, 0.15) is 0 Å². The highest BCUT2D eigenvalue weighted by atomic mass is 16.5. The van der Waals surface area contributed by atoms with Crippen LogP contribution in [0.3, 0.4) is 0 Å². The van der Waals surface area contributed by atoms with Gasteiger partial charge in [0.25, 0.3) is 11.8 Å².